The standard InChI is InChI=1S/C26H20ClF3N2O3/c1-15-3-12-21-20(13-15)22(23(33)25(34)31-18-8-10-19(35-2)11-9-18)24(26(28,29)30)32(21)14-16-4-6-17(27)7-5-16/h3-13H,14H2,1-2H3,(H,31,34). The summed E-state index contributed by atoms with van der Waals surface area (Å²) in [7, 11) is 1.47. The monoisotopic (exact) mass is 500 g/mol. The van der Waals surface area contributed by atoms with E-state index in [9.17, 15) is 22.8 Å². The summed E-state index contributed by atoms with van der Waals surface area (Å²) in [5.41, 5.74) is -0.213. The number of anilines is 1. The average molecular weight is 501 g/mol. The zero-order valence-electron chi connectivity index (χ0n) is 18.7. The SMILES string of the molecule is COc1ccc(NC(=O)C(=O)c2c(C(F)(F)F)n(Cc3ccc(Cl)cc3)c3ccc(C)cc23)cc1. The number of nitrogens with one attached hydrogen (secondary N) is 1. The third kappa shape index (κ3) is 5.02. The van der Waals surface area contributed by atoms with Gasteiger partial charge in [0.15, 0.2) is 0 Å². The number of amides is 1. The van der Waals surface area contributed by atoms with E-state index >= 15 is 0 Å². The van der Waals surface area contributed by atoms with Gasteiger partial charge in [0.2, 0.25) is 0 Å². The molecule has 0 fully saturated rings. The van der Waals surface area contributed by atoms with Crippen LogP contribution in [0.2, 0.25) is 5.02 Å². The van der Waals surface area contributed by atoms with Gasteiger partial charge in [0.25, 0.3) is 11.7 Å². The van der Waals surface area contributed by atoms with E-state index in [1.165, 1.54) is 31.4 Å². The van der Waals surface area contributed by atoms with Crippen LogP contribution in [0.15, 0.2) is 66.7 Å². The van der Waals surface area contributed by atoms with Gasteiger partial charge in [0, 0.05) is 28.2 Å². The third-order valence-electron chi connectivity index (χ3n) is 5.52. The van der Waals surface area contributed by atoms with Crippen LogP contribution in [-0.2, 0) is 17.5 Å². The summed E-state index contributed by atoms with van der Waals surface area (Å²) < 4.78 is 49.3. The highest BCUT2D eigenvalue weighted by atomic mass is 35.5. The summed E-state index contributed by atoms with van der Waals surface area (Å²) in [4.78, 5) is 26.0. The largest absolute Gasteiger partial charge is 0.497 e. The van der Waals surface area contributed by atoms with Gasteiger partial charge in [0.1, 0.15) is 11.4 Å². The van der Waals surface area contributed by atoms with Crippen LogP contribution in [-0.4, -0.2) is 23.4 Å². The molecule has 3 aromatic carbocycles. The minimum absolute atomic E-state index is 0.0566. The van der Waals surface area contributed by atoms with Gasteiger partial charge in [0.05, 0.1) is 12.7 Å². The van der Waals surface area contributed by atoms with Gasteiger partial charge in [-0.25, -0.2) is 0 Å². The van der Waals surface area contributed by atoms with E-state index in [4.69, 9.17) is 16.3 Å². The summed E-state index contributed by atoms with van der Waals surface area (Å²) in [5, 5.41) is 2.88. The Morgan fingerprint density at radius 1 is 1.00 bits per heavy atom. The molecule has 0 aliphatic carbocycles. The van der Waals surface area contributed by atoms with E-state index in [2.05, 4.69) is 5.32 Å². The van der Waals surface area contributed by atoms with Gasteiger partial charge in [-0.2, -0.15) is 13.2 Å². The molecule has 0 aliphatic heterocycles. The zero-order valence-corrected chi connectivity index (χ0v) is 19.5. The number of carbonyl (C=O) groups is 2. The Hall–Kier alpha value is -3.78. The molecule has 0 bridgehead atoms. The molecule has 1 amide bonds. The lowest BCUT2D eigenvalue weighted by Gasteiger charge is -2.15. The first-order chi connectivity index (χ1) is 16.6. The van der Waals surface area contributed by atoms with Gasteiger partial charge >= 0.3 is 6.18 Å². The molecule has 9 heteroatoms. The molecule has 4 rings (SSSR count). The third-order valence-corrected chi connectivity index (χ3v) is 5.77. The molecule has 0 spiro atoms. The fourth-order valence-electron chi connectivity index (χ4n) is 3.91. The number of aryl methyl sites for hydroxylation is 1. The zero-order chi connectivity index (χ0) is 25.3. The number of halogens is 4. The van der Waals surface area contributed by atoms with Crippen molar-refractivity contribution in [3.05, 3.63) is 94.1 Å². The van der Waals surface area contributed by atoms with Crippen molar-refractivity contribution in [2.24, 2.45) is 0 Å². The number of hydrogen-bond donors (Lipinski definition) is 1. The van der Waals surface area contributed by atoms with Gasteiger partial charge < -0.3 is 14.6 Å². The number of aromatic nitrogens is 1. The number of carbonyl (C=O) groups excluding carboxylic acids is 2. The number of nitrogens with zero attached hydrogens (tertiary/aromatic N) is 1. The first-order valence-electron chi connectivity index (χ1n) is 10.5. The molecule has 35 heavy (non-hydrogen) atoms. The van der Waals surface area contributed by atoms with Crippen LogP contribution in [0.25, 0.3) is 10.9 Å². The fourth-order valence-corrected chi connectivity index (χ4v) is 4.03. The van der Waals surface area contributed by atoms with Crippen LogP contribution >= 0.6 is 11.6 Å². The number of Topliss-reactive ketones (excluding diaryl/α,β-unsaturated/α-hetero) is 1. The number of benzene rings is 3. The minimum atomic E-state index is -4.90. The molecule has 1 N–H and O–H groups in total. The molecule has 0 saturated heterocycles. The molecule has 0 unspecified atom stereocenters. The number of methoxy groups -OCH3 is 1. The van der Waals surface area contributed by atoms with E-state index in [1.807, 2.05) is 0 Å². The summed E-state index contributed by atoms with van der Waals surface area (Å²) in [6, 6.07) is 17.1. The Bertz CT molecular complexity index is 1410. The first kappa shape index (κ1) is 24.3. The van der Waals surface area contributed by atoms with Gasteiger partial charge in [-0.05, 0) is 61.0 Å². The number of hydrogen-bond acceptors (Lipinski definition) is 3. The highest BCUT2D eigenvalue weighted by molar-refractivity contribution is 6.48. The Morgan fingerprint density at radius 2 is 1.66 bits per heavy atom. The Labute approximate surface area is 204 Å². The van der Waals surface area contributed by atoms with Crippen molar-refractivity contribution in [3.8, 4) is 5.75 Å². The molecule has 0 radical (unpaired) electrons. The second kappa shape index (κ2) is 9.46. The normalized spacial score (nSPS) is 11.5. The van der Waals surface area contributed by atoms with Crippen molar-refractivity contribution < 1.29 is 27.5 Å². The number of ether oxygens (including phenoxy) is 1. The van der Waals surface area contributed by atoms with Crippen LogP contribution in [0.4, 0.5) is 18.9 Å². The number of rotatable bonds is 6. The van der Waals surface area contributed by atoms with E-state index in [1.54, 1.807) is 49.4 Å². The molecule has 0 saturated carbocycles. The minimum Gasteiger partial charge on any atom is -0.497 e. The smallest absolute Gasteiger partial charge is 0.432 e. The lowest BCUT2D eigenvalue weighted by molar-refractivity contribution is -0.143. The Kier molecular flexibility index (Phi) is 6.58. The molecule has 180 valence electrons. The van der Waals surface area contributed by atoms with E-state index in [0.29, 0.717) is 21.9 Å². The molecule has 0 atom stereocenters. The van der Waals surface area contributed by atoms with Crippen LogP contribution in [0.1, 0.15) is 27.2 Å². The lowest BCUT2D eigenvalue weighted by atomic mass is 10.0. The molecule has 4 aromatic rings. The van der Waals surface area contributed by atoms with Gasteiger partial charge in [-0.15, -0.1) is 0 Å². The molecular weight excluding hydrogens is 481 g/mol. The number of fused-ring (bicyclic) bond motifs is 1. The van der Waals surface area contributed by atoms with Crippen molar-refractivity contribution >= 4 is 39.9 Å². The predicted molar refractivity (Wildman–Crippen MR) is 128 cm³/mol. The summed E-state index contributed by atoms with van der Waals surface area (Å²) in [6.45, 7) is 1.54. The molecule has 1 aromatic heterocycles. The van der Waals surface area contributed by atoms with Crippen LogP contribution in [0, 0.1) is 6.92 Å². The first-order valence-corrected chi connectivity index (χ1v) is 10.9. The maximum atomic E-state index is 14.4. The highest BCUT2D eigenvalue weighted by Gasteiger charge is 2.42. The molecule has 5 nitrogen and oxygen atoms in total. The maximum Gasteiger partial charge on any atom is 0.432 e. The topological polar surface area (TPSA) is 60.3 Å². The van der Waals surface area contributed by atoms with Crippen molar-refractivity contribution in [1.29, 1.82) is 0 Å². The maximum absolute atomic E-state index is 14.4. The van der Waals surface area contributed by atoms with Crippen molar-refractivity contribution in [2.75, 3.05) is 12.4 Å². The summed E-state index contributed by atoms with van der Waals surface area (Å²) in [6.07, 6.45) is -4.90. The van der Waals surface area contributed by atoms with E-state index in [-0.39, 0.29) is 23.1 Å². The molecule has 0 aliphatic rings. The van der Waals surface area contributed by atoms with E-state index < -0.39 is 29.1 Å². The second-order valence-corrected chi connectivity index (χ2v) is 8.40. The molecule has 1 heterocycles. The quantitative estimate of drug-likeness (QED) is 0.243. The van der Waals surface area contributed by atoms with Crippen LogP contribution < -0.4 is 10.1 Å². The molecular formula is C26H20ClF3N2O3. The number of ketones is 1. The van der Waals surface area contributed by atoms with Crippen LogP contribution in [0.5, 0.6) is 5.75 Å². The van der Waals surface area contributed by atoms with Crippen molar-refractivity contribution in [1.82, 2.24) is 4.57 Å². The predicted octanol–water partition coefficient (Wildman–Crippen LogP) is 6.50. The lowest BCUT2D eigenvalue weighted by Crippen LogP contribution is -2.26. The van der Waals surface area contributed by atoms with E-state index in [0.717, 1.165) is 4.57 Å². The van der Waals surface area contributed by atoms with Gasteiger partial charge in [-0.1, -0.05) is 35.4 Å². The Morgan fingerprint density at radius 3 is 2.26 bits per heavy atom. The second-order valence-electron chi connectivity index (χ2n) is 7.97. The van der Waals surface area contributed by atoms with Crippen molar-refractivity contribution in [2.45, 2.75) is 19.6 Å². The Balaban J connectivity index is 1.83. The average Bonchev–Trinajstić information content (AvgIpc) is 3.14. The van der Waals surface area contributed by atoms with Crippen LogP contribution in [0.3, 0.4) is 0 Å². The summed E-state index contributed by atoms with van der Waals surface area (Å²) >= 11 is 5.91. The summed E-state index contributed by atoms with van der Waals surface area (Å²) in [5.74, 6) is -1.93. The highest BCUT2D eigenvalue weighted by Crippen LogP contribution is 2.39. The van der Waals surface area contributed by atoms with Crippen molar-refractivity contribution in [3.63, 3.8) is 0 Å². The van der Waals surface area contributed by atoms with Gasteiger partial charge in [-0.3, -0.25) is 9.59 Å². The number of alkyl halides is 3. The fraction of sp³-hybridized carbons (Fsp3) is 0.154.